The number of benzene rings is 1. The monoisotopic (exact) mass is 302 g/mol. The highest BCUT2D eigenvalue weighted by Crippen LogP contribution is 2.35. The number of aliphatic hydroxyl groups excluding tert-OH is 2. The van der Waals surface area contributed by atoms with Gasteiger partial charge in [0, 0.05) is 0 Å². The number of imidazole rings is 1. The number of para-hydroxylation sites is 2. The maximum absolute atomic E-state index is 13.1. The Balaban J connectivity index is 1.94. The van der Waals surface area contributed by atoms with E-state index in [-0.39, 0.29) is 17.8 Å². The Bertz CT molecular complexity index is 688. The smallest absolute Gasteiger partial charge is 0.329 e. The molecule has 1 heterocycles. The van der Waals surface area contributed by atoms with Crippen molar-refractivity contribution in [3.63, 3.8) is 0 Å². The SMILES string of the molecule is O=c1n(C2CCCC2O)c2ccccc2n1C1CCCC1O. The van der Waals surface area contributed by atoms with Crippen LogP contribution in [0.1, 0.15) is 50.6 Å². The zero-order valence-electron chi connectivity index (χ0n) is 12.6. The lowest BCUT2D eigenvalue weighted by molar-refractivity contribution is 0.128. The summed E-state index contributed by atoms with van der Waals surface area (Å²) in [5.74, 6) is 0. The van der Waals surface area contributed by atoms with E-state index in [0.29, 0.717) is 0 Å². The second-order valence-corrected chi connectivity index (χ2v) is 6.64. The second kappa shape index (κ2) is 5.25. The van der Waals surface area contributed by atoms with Gasteiger partial charge < -0.3 is 10.2 Å². The van der Waals surface area contributed by atoms with E-state index in [1.807, 2.05) is 24.3 Å². The molecule has 4 unspecified atom stereocenters. The Hall–Kier alpha value is -1.59. The van der Waals surface area contributed by atoms with Crippen molar-refractivity contribution < 1.29 is 10.2 Å². The number of nitrogens with zero attached hydrogens (tertiary/aromatic N) is 2. The van der Waals surface area contributed by atoms with Crippen LogP contribution in [0.5, 0.6) is 0 Å². The Labute approximate surface area is 128 Å². The lowest BCUT2D eigenvalue weighted by Gasteiger charge is -2.17. The summed E-state index contributed by atoms with van der Waals surface area (Å²) in [6, 6.07) is 7.46. The predicted molar refractivity (Wildman–Crippen MR) is 84.0 cm³/mol. The first-order chi connectivity index (χ1) is 10.7. The number of hydrogen-bond donors (Lipinski definition) is 2. The van der Waals surface area contributed by atoms with Crippen molar-refractivity contribution in [3.8, 4) is 0 Å². The molecule has 0 amide bonds. The van der Waals surface area contributed by atoms with Crippen LogP contribution in [0.4, 0.5) is 0 Å². The lowest BCUT2D eigenvalue weighted by Crippen LogP contribution is -2.34. The van der Waals surface area contributed by atoms with Crippen molar-refractivity contribution in [2.75, 3.05) is 0 Å². The van der Waals surface area contributed by atoms with Crippen molar-refractivity contribution in [1.82, 2.24) is 9.13 Å². The average molecular weight is 302 g/mol. The number of aromatic nitrogens is 2. The third-order valence-corrected chi connectivity index (χ3v) is 5.36. The Kier molecular flexibility index (Phi) is 3.35. The second-order valence-electron chi connectivity index (χ2n) is 6.64. The molecule has 0 aliphatic heterocycles. The summed E-state index contributed by atoms with van der Waals surface area (Å²) < 4.78 is 3.52. The molecule has 2 aliphatic carbocycles. The normalized spacial score (nSPS) is 32.1. The molecule has 5 heteroatoms. The van der Waals surface area contributed by atoms with Gasteiger partial charge in [-0.2, -0.15) is 0 Å². The molecule has 4 atom stereocenters. The van der Waals surface area contributed by atoms with Crippen molar-refractivity contribution in [2.45, 2.75) is 62.8 Å². The van der Waals surface area contributed by atoms with Crippen molar-refractivity contribution >= 4 is 11.0 Å². The van der Waals surface area contributed by atoms with Gasteiger partial charge in [-0.25, -0.2) is 4.79 Å². The zero-order valence-corrected chi connectivity index (χ0v) is 12.6. The minimum Gasteiger partial charge on any atom is -0.391 e. The highest BCUT2D eigenvalue weighted by molar-refractivity contribution is 5.76. The fourth-order valence-electron chi connectivity index (χ4n) is 4.28. The minimum atomic E-state index is -0.453. The summed E-state index contributed by atoms with van der Waals surface area (Å²) >= 11 is 0. The van der Waals surface area contributed by atoms with Crippen LogP contribution in [-0.4, -0.2) is 31.6 Å². The summed E-state index contributed by atoms with van der Waals surface area (Å²) in [6.45, 7) is 0. The fraction of sp³-hybridized carbons (Fsp3) is 0.588. The summed E-state index contributed by atoms with van der Waals surface area (Å²) in [7, 11) is 0. The lowest BCUT2D eigenvalue weighted by atomic mass is 10.2. The van der Waals surface area contributed by atoms with Crippen LogP contribution in [0, 0.1) is 0 Å². The molecular weight excluding hydrogens is 280 g/mol. The predicted octanol–water partition coefficient (Wildman–Crippen LogP) is 1.97. The van der Waals surface area contributed by atoms with Gasteiger partial charge in [0.15, 0.2) is 0 Å². The third-order valence-electron chi connectivity index (χ3n) is 5.36. The number of fused-ring (bicyclic) bond motifs is 1. The topological polar surface area (TPSA) is 67.4 Å². The first-order valence-corrected chi connectivity index (χ1v) is 8.26. The van der Waals surface area contributed by atoms with Gasteiger partial charge in [-0.05, 0) is 50.7 Å². The quantitative estimate of drug-likeness (QED) is 0.891. The first kappa shape index (κ1) is 14.0. The highest BCUT2D eigenvalue weighted by Gasteiger charge is 2.34. The van der Waals surface area contributed by atoms with Gasteiger partial charge in [0.25, 0.3) is 0 Å². The van der Waals surface area contributed by atoms with E-state index in [4.69, 9.17) is 0 Å². The van der Waals surface area contributed by atoms with Crippen LogP contribution < -0.4 is 5.69 Å². The van der Waals surface area contributed by atoms with E-state index in [9.17, 15) is 15.0 Å². The van der Waals surface area contributed by atoms with Gasteiger partial charge in [0.05, 0.1) is 35.3 Å². The zero-order chi connectivity index (χ0) is 15.3. The molecule has 1 aromatic carbocycles. The molecule has 118 valence electrons. The molecule has 1 aromatic heterocycles. The van der Waals surface area contributed by atoms with Crippen molar-refractivity contribution in [3.05, 3.63) is 34.7 Å². The first-order valence-electron chi connectivity index (χ1n) is 8.26. The maximum Gasteiger partial charge on any atom is 0.329 e. The Morgan fingerprint density at radius 2 is 1.27 bits per heavy atom. The molecule has 0 bridgehead atoms. The van der Waals surface area contributed by atoms with Crippen molar-refractivity contribution in [2.24, 2.45) is 0 Å². The standard InChI is InChI=1S/C17H22N2O3/c20-15-9-3-7-13(15)18-11-5-1-2-6-12(11)19(17(18)22)14-8-4-10-16(14)21/h1-2,5-6,13-16,20-21H,3-4,7-10H2. The van der Waals surface area contributed by atoms with Gasteiger partial charge >= 0.3 is 5.69 Å². The van der Waals surface area contributed by atoms with Crippen molar-refractivity contribution in [1.29, 1.82) is 0 Å². The summed E-state index contributed by atoms with van der Waals surface area (Å²) in [4.78, 5) is 13.1. The molecule has 4 rings (SSSR count). The Morgan fingerprint density at radius 3 is 1.64 bits per heavy atom. The van der Waals surface area contributed by atoms with E-state index in [0.717, 1.165) is 49.6 Å². The van der Waals surface area contributed by atoms with Crippen LogP contribution in [0.3, 0.4) is 0 Å². The van der Waals surface area contributed by atoms with Crippen LogP contribution in [0.25, 0.3) is 11.0 Å². The van der Waals surface area contributed by atoms with E-state index in [2.05, 4.69) is 0 Å². The average Bonchev–Trinajstić information content (AvgIpc) is 3.17. The number of aliphatic hydroxyl groups is 2. The van der Waals surface area contributed by atoms with Gasteiger partial charge in [0.1, 0.15) is 0 Å². The molecular formula is C17H22N2O3. The van der Waals surface area contributed by atoms with Crippen LogP contribution in [0.2, 0.25) is 0 Å². The molecule has 5 nitrogen and oxygen atoms in total. The van der Waals surface area contributed by atoms with E-state index < -0.39 is 12.2 Å². The molecule has 2 aromatic rings. The van der Waals surface area contributed by atoms with E-state index >= 15 is 0 Å². The molecule has 0 spiro atoms. The Morgan fingerprint density at radius 1 is 0.818 bits per heavy atom. The molecule has 2 saturated carbocycles. The molecule has 2 fully saturated rings. The molecule has 0 saturated heterocycles. The van der Waals surface area contributed by atoms with Crippen LogP contribution in [-0.2, 0) is 0 Å². The van der Waals surface area contributed by atoms with Gasteiger partial charge in [-0.3, -0.25) is 9.13 Å². The van der Waals surface area contributed by atoms with Crippen LogP contribution in [0.15, 0.2) is 29.1 Å². The number of rotatable bonds is 2. The maximum atomic E-state index is 13.1. The van der Waals surface area contributed by atoms with Gasteiger partial charge in [0.2, 0.25) is 0 Å². The minimum absolute atomic E-state index is 0.0851. The van der Waals surface area contributed by atoms with E-state index in [1.165, 1.54) is 0 Å². The molecule has 2 N–H and O–H groups in total. The van der Waals surface area contributed by atoms with Gasteiger partial charge in [-0.15, -0.1) is 0 Å². The third kappa shape index (κ3) is 1.96. The molecule has 22 heavy (non-hydrogen) atoms. The summed E-state index contributed by atoms with van der Waals surface area (Å²) in [5, 5.41) is 20.5. The fourth-order valence-corrected chi connectivity index (χ4v) is 4.28. The largest absolute Gasteiger partial charge is 0.391 e. The van der Waals surface area contributed by atoms with Gasteiger partial charge in [-0.1, -0.05) is 12.1 Å². The highest BCUT2D eigenvalue weighted by atomic mass is 16.3. The summed E-state index contributed by atoms with van der Waals surface area (Å²) in [5.41, 5.74) is 1.66. The molecule has 2 aliphatic rings. The summed E-state index contributed by atoms with van der Waals surface area (Å²) in [6.07, 6.45) is 4.17. The molecule has 0 radical (unpaired) electrons. The van der Waals surface area contributed by atoms with Crippen LogP contribution >= 0.6 is 0 Å². The van der Waals surface area contributed by atoms with E-state index in [1.54, 1.807) is 9.13 Å². The number of hydrogen-bond acceptors (Lipinski definition) is 3.